The number of rotatable bonds is 6. The summed E-state index contributed by atoms with van der Waals surface area (Å²) in [7, 11) is 3.49. The van der Waals surface area contributed by atoms with Gasteiger partial charge in [-0.2, -0.15) is 0 Å². The Balaban J connectivity index is 1.82. The average molecular weight is 339 g/mol. The lowest BCUT2D eigenvalue weighted by Gasteiger charge is -2.21. The molecule has 0 radical (unpaired) electrons. The van der Waals surface area contributed by atoms with E-state index in [2.05, 4.69) is 39.6 Å². The van der Waals surface area contributed by atoms with Gasteiger partial charge in [-0.15, -0.1) is 0 Å². The number of methoxy groups -OCH3 is 1. The standard InChI is InChI=1S/C17H27ClN4O/c1-13-4-5-15(18)10-16(13)22-8-6-14(12-22)11-21-17(19-2)20-7-9-23-3/h4-5,10,14H,6-9,11-12H2,1-3H3,(H2,19,20,21). The van der Waals surface area contributed by atoms with Crippen molar-refractivity contribution in [1.82, 2.24) is 10.6 Å². The van der Waals surface area contributed by atoms with Crippen LogP contribution in [-0.4, -0.2) is 52.9 Å². The first-order chi connectivity index (χ1) is 11.1. The van der Waals surface area contributed by atoms with Crippen LogP contribution in [0.3, 0.4) is 0 Å². The molecular weight excluding hydrogens is 312 g/mol. The van der Waals surface area contributed by atoms with Crippen LogP contribution in [0.2, 0.25) is 5.02 Å². The topological polar surface area (TPSA) is 48.9 Å². The average Bonchev–Trinajstić information content (AvgIpc) is 3.02. The summed E-state index contributed by atoms with van der Waals surface area (Å²) < 4.78 is 5.04. The number of hydrogen-bond acceptors (Lipinski definition) is 3. The van der Waals surface area contributed by atoms with Crippen LogP contribution in [0.4, 0.5) is 5.69 Å². The third-order valence-corrected chi connectivity index (χ3v) is 4.41. The van der Waals surface area contributed by atoms with E-state index in [1.807, 2.05) is 6.07 Å². The van der Waals surface area contributed by atoms with Crippen molar-refractivity contribution < 1.29 is 4.74 Å². The van der Waals surface area contributed by atoms with E-state index in [-0.39, 0.29) is 0 Å². The van der Waals surface area contributed by atoms with Crippen LogP contribution >= 0.6 is 11.6 Å². The lowest BCUT2D eigenvalue weighted by molar-refractivity contribution is 0.203. The van der Waals surface area contributed by atoms with Crippen LogP contribution < -0.4 is 15.5 Å². The molecule has 0 bridgehead atoms. The van der Waals surface area contributed by atoms with Crippen LogP contribution in [0.1, 0.15) is 12.0 Å². The van der Waals surface area contributed by atoms with E-state index in [0.717, 1.165) is 37.2 Å². The molecule has 2 N–H and O–H groups in total. The monoisotopic (exact) mass is 338 g/mol. The molecule has 1 aromatic rings. The second kappa shape index (κ2) is 8.99. The summed E-state index contributed by atoms with van der Waals surface area (Å²) in [6.07, 6.45) is 1.17. The van der Waals surface area contributed by atoms with E-state index in [0.29, 0.717) is 12.5 Å². The summed E-state index contributed by atoms with van der Waals surface area (Å²) in [5, 5.41) is 7.44. The van der Waals surface area contributed by atoms with Gasteiger partial charge in [0.1, 0.15) is 0 Å². The van der Waals surface area contributed by atoms with E-state index in [1.54, 1.807) is 14.2 Å². The molecule has 1 heterocycles. The third kappa shape index (κ3) is 5.29. The van der Waals surface area contributed by atoms with Crippen molar-refractivity contribution in [2.24, 2.45) is 10.9 Å². The van der Waals surface area contributed by atoms with Crippen molar-refractivity contribution in [1.29, 1.82) is 0 Å². The van der Waals surface area contributed by atoms with Gasteiger partial charge >= 0.3 is 0 Å². The minimum Gasteiger partial charge on any atom is -0.383 e. The predicted molar refractivity (Wildman–Crippen MR) is 97.7 cm³/mol. The highest BCUT2D eigenvalue weighted by Crippen LogP contribution is 2.29. The van der Waals surface area contributed by atoms with Gasteiger partial charge in [0.15, 0.2) is 5.96 Å². The number of nitrogens with one attached hydrogen (secondary N) is 2. The van der Waals surface area contributed by atoms with Gasteiger partial charge in [0.05, 0.1) is 6.61 Å². The largest absolute Gasteiger partial charge is 0.383 e. The number of benzene rings is 1. The fraction of sp³-hybridized carbons (Fsp3) is 0.588. The van der Waals surface area contributed by atoms with Gasteiger partial charge in [0, 0.05) is 51.0 Å². The first kappa shape index (κ1) is 17.9. The molecule has 1 fully saturated rings. The van der Waals surface area contributed by atoms with Crippen LogP contribution in [-0.2, 0) is 4.74 Å². The number of ether oxygens (including phenoxy) is 1. The summed E-state index contributed by atoms with van der Waals surface area (Å²) in [5.41, 5.74) is 2.53. The molecule has 0 amide bonds. The van der Waals surface area contributed by atoms with Crippen LogP contribution in [0.25, 0.3) is 0 Å². The van der Waals surface area contributed by atoms with Crippen LogP contribution in [0.5, 0.6) is 0 Å². The normalized spacial score (nSPS) is 18.3. The number of guanidine groups is 1. The number of hydrogen-bond donors (Lipinski definition) is 2. The summed E-state index contributed by atoms with van der Waals surface area (Å²) >= 11 is 6.14. The lowest BCUT2D eigenvalue weighted by Crippen LogP contribution is -2.41. The molecule has 1 unspecified atom stereocenters. The SMILES string of the molecule is CN=C(NCCOC)NCC1CCN(c2cc(Cl)ccc2C)C1. The molecular formula is C17H27ClN4O. The zero-order valence-corrected chi connectivity index (χ0v) is 15.0. The van der Waals surface area contributed by atoms with Gasteiger partial charge in [0.25, 0.3) is 0 Å². The predicted octanol–water partition coefficient (Wildman–Crippen LogP) is 2.29. The van der Waals surface area contributed by atoms with E-state index >= 15 is 0 Å². The maximum Gasteiger partial charge on any atom is 0.191 e. The molecule has 1 aliphatic heterocycles. The van der Waals surface area contributed by atoms with Crippen molar-refractivity contribution in [2.45, 2.75) is 13.3 Å². The van der Waals surface area contributed by atoms with Gasteiger partial charge in [-0.25, -0.2) is 0 Å². The van der Waals surface area contributed by atoms with Gasteiger partial charge in [-0.05, 0) is 37.0 Å². The Labute approximate surface area is 144 Å². The minimum absolute atomic E-state index is 0.606. The summed E-state index contributed by atoms with van der Waals surface area (Å²) in [4.78, 5) is 6.66. The van der Waals surface area contributed by atoms with Crippen molar-refractivity contribution >= 4 is 23.2 Å². The molecule has 23 heavy (non-hydrogen) atoms. The summed E-state index contributed by atoms with van der Waals surface area (Å²) in [6.45, 7) is 6.61. The number of anilines is 1. The molecule has 1 atom stereocenters. The second-order valence-electron chi connectivity index (χ2n) is 5.90. The molecule has 1 aromatic carbocycles. The van der Waals surface area contributed by atoms with Crippen molar-refractivity contribution in [3.8, 4) is 0 Å². The van der Waals surface area contributed by atoms with Gasteiger partial charge in [-0.1, -0.05) is 17.7 Å². The van der Waals surface area contributed by atoms with Gasteiger partial charge in [0.2, 0.25) is 0 Å². The quantitative estimate of drug-likeness (QED) is 0.474. The Kier molecular flexibility index (Phi) is 6.99. The Bertz CT molecular complexity index is 535. The molecule has 128 valence electrons. The molecule has 0 aromatic heterocycles. The summed E-state index contributed by atoms with van der Waals surface area (Å²) in [5.74, 6) is 1.44. The van der Waals surface area contributed by atoms with Crippen LogP contribution in [0.15, 0.2) is 23.2 Å². The first-order valence-corrected chi connectivity index (χ1v) is 8.46. The fourth-order valence-electron chi connectivity index (χ4n) is 2.87. The third-order valence-electron chi connectivity index (χ3n) is 4.18. The van der Waals surface area contributed by atoms with E-state index in [9.17, 15) is 0 Å². The molecule has 1 saturated heterocycles. The second-order valence-corrected chi connectivity index (χ2v) is 6.34. The Morgan fingerprint density at radius 3 is 3.00 bits per heavy atom. The zero-order valence-electron chi connectivity index (χ0n) is 14.2. The molecule has 1 aliphatic rings. The van der Waals surface area contributed by atoms with E-state index in [4.69, 9.17) is 16.3 Å². The van der Waals surface area contributed by atoms with Crippen molar-refractivity contribution in [3.63, 3.8) is 0 Å². The fourth-order valence-corrected chi connectivity index (χ4v) is 3.04. The van der Waals surface area contributed by atoms with E-state index in [1.165, 1.54) is 17.7 Å². The minimum atomic E-state index is 0.606. The maximum atomic E-state index is 6.14. The smallest absolute Gasteiger partial charge is 0.191 e. The Hall–Kier alpha value is -1.46. The molecule has 0 spiro atoms. The number of aryl methyl sites for hydroxylation is 1. The van der Waals surface area contributed by atoms with Crippen LogP contribution in [0, 0.1) is 12.8 Å². The Morgan fingerprint density at radius 1 is 1.43 bits per heavy atom. The highest BCUT2D eigenvalue weighted by molar-refractivity contribution is 6.30. The number of nitrogens with zero attached hydrogens (tertiary/aromatic N) is 2. The molecule has 6 heteroatoms. The molecule has 2 rings (SSSR count). The van der Waals surface area contributed by atoms with E-state index < -0.39 is 0 Å². The zero-order chi connectivity index (χ0) is 16.7. The maximum absolute atomic E-state index is 6.14. The first-order valence-electron chi connectivity index (χ1n) is 8.08. The molecule has 5 nitrogen and oxygen atoms in total. The molecule has 0 aliphatic carbocycles. The Morgan fingerprint density at radius 2 is 2.26 bits per heavy atom. The highest BCUT2D eigenvalue weighted by atomic mass is 35.5. The lowest BCUT2D eigenvalue weighted by atomic mass is 10.1. The highest BCUT2D eigenvalue weighted by Gasteiger charge is 2.23. The molecule has 0 saturated carbocycles. The van der Waals surface area contributed by atoms with Crippen molar-refractivity contribution in [2.75, 3.05) is 51.8 Å². The van der Waals surface area contributed by atoms with Gasteiger partial charge < -0.3 is 20.3 Å². The number of aliphatic imine (C=N–C) groups is 1. The summed E-state index contributed by atoms with van der Waals surface area (Å²) in [6, 6.07) is 6.11. The van der Waals surface area contributed by atoms with Crippen molar-refractivity contribution in [3.05, 3.63) is 28.8 Å². The number of halogens is 1. The van der Waals surface area contributed by atoms with Gasteiger partial charge in [-0.3, -0.25) is 4.99 Å².